The quantitative estimate of drug-likeness (QED) is 0.573. The van der Waals surface area contributed by atoms with Gasteiger partial charge in [-0.3, -0.25) is 0 Å². The molecule has 0 aliphatic carbocycles. The molecule has 0 bridgehead atoms. The van der Waals surface area contributed by atoms with E-state index in [1.165, 1.54) is 0 Å². The van der Waals surface area contributed by atoms with Crippen molar-refractivity contribution in [3.63, 3.8) is 0 Å². The molecule has 4 N–H and O–H groups in total. The van der Waals surface area contributed by atoms with E-state index in [0.717, 1.165) is 0 Å². The molecule has 0 spiro atoms. The highest BCUT2D eigenvalue weighted by molar-refractivity contribution is 7.87. The fourth-order valence-corrected chi connectivity index (χ4v) is 0.912. The predicted octanol–water partition coefficient (Wildman–Crippen LogP) is -0.193. The molecule has 0 saturated carbocycles. The maximum atomic E-state index is 10.4. The Morgan fingerprint density at radius 3 is 2.25 bits per heavy atom. The first kappa shape index (κ1) is 8.98. The Bertz CT molecular complexity index is 335. The average Bonchev–Trinajstić information content (AvgIpc) is 2.02. The molecule has 0 radical (unpaired) electrons. The first-order valence-electron chi connectivity index (χ1n) is 3.18. The summed E-state index contributed by atoms with van der Waals surface area (Å²) in [6.07, 6.45) is 0. The van der Waals surface area contributed by atoms with Crippen LogP contribution in [0.1, 0.15) is 0 Å². The fraction of sp³-hybridized carbons (Fsp3) is 0. The van der Waals surface area contributed by atoms with E-state index in [1.807, 2.05) is 10.9 Å². The molecule has 0 saturated heterocycles. The third kappa shape index (κ3) is 3.33. The predicted molar refractivity (Wildman–Crippen MR) is 46.3 cm³/mol. The zero-order valence-electron chi connectivity index (χ0n) is 6.19. The molecule has 12 heavy (non-hydrogen) atoms. The molecule has 0 atom stereocenters. The van der Waals surface area contributed by atoms with Gasteiger partial charge in [0.2, 0.25) is 0 Å². The van der Waals surface area contributed by atoms with Crippen molar-refractivity contribution >= 4 is 15.9 Å². The van der Waals surface area contributed by atoms with Gasteiger partial charge in [0.25, 0.3) is 10.2 Å². The molecule has 5 nitrogen and oxygen atoms in total. The van der Waals surface area contributed by atoms with Crippen LogP contribution in [0.2, 0.25) is 0 Å². The third-order valence-corrected chi connectivity index (χ3v) is 1.50. The lowest BCUT2D eigenvalue weighted by Crippen LogP contribution is -2.35. The van der Waals surface area contributed by atoms with E-state index in [9.17, 15) is 8.42 Å². The molecule has 1 rings (SSSR count). The Hall–Kier alpha value is -1.11. The van der Waals surface area contributed by atoms with E-state index in [2.05, 4.69) is 10.6 Å². The smallest absolute Gasteiger partial charge is 0.291 e. The van der Waals surface area contributed by atoms with Crippen LogP contribution >= 0.6 is 0 Å². The van der Waals surface area contributed by atoms with Crippen LogP contribution in [0, 0.1) is 0 Å². The second kappa shape index (κ2) is 3.53. The van der Waals surface area contributed by atoms with Crippen molar-refractivity contribution in [2.75, 3.05) is 5.43 Å². The number of nitrogens with two attached hydrogens (primary N) is 1. The molecule has 0 fully saturated rings. The minimum absolute atomic E-state index is 0.631. The summed E-state index contributed by atoms with van der Waals surface area (Å²) in [6, 6.07) is 8.78. The summed E-state index contributed by atoms with van der Waals surface area (Å²) in [4.78, 5) is 1.94. The Labute approximate surface area is 70.7 Å². The van der Waals surface area contributed by atoms with Gasteiger partial charge in [0.1, 0.15) is 0 Å². The van der Waals surface area contributed by atoms with Crippen LogP contribution in [0.5, 0.6) is 0 Å². The minimum Gasteiger partial charge on any atom is -0.307 e. The zero-order valence-corrected chi connectivity index (χ0v) is 7.01. The van der Waals surface area contributed by atoms with Gasteiger partial charge < -0.3 is 5.43 Å². The molecule has 66 valence electrons. The highest BCUT2D eigenvalue weighted by atomic mass is 32.2. The maximum absolute atomic E-state index is 10.4. The van der Waals surface area contributed by atoms with E-state index in [-0.39, 0.29) is 0 Å². The standard InChI is InChI=1S/C6H9N3O2S/c7-12(10,11)9-8-6-4-2-1-3-5-6/h1-5,8-9H,(H2,7,10,11). The van der Waals surface area contributed by atoms with Crippen molar-refractivity contribution in [3.8, 4) is 0 Å². The Morgan fingerprint density at radius 2 is 1.75 bits per heavy atom. The van der Waals surface area contributed by atoms with Crippen LogP contribution in [-0.4, -0.2) is 8.42 Å². The lowest BCUT2D eigenvalue weighted by atomic mass is 10.3. The fourth-order valence-electron chi connectivity index (χ4n) is 0.652. The van der Waals surface area contributed by atoms with E-state index in [4.69, 9.17) is 0 Å². The molecular weight excluding hydrogens is 178 g/mol. The van der Waals surface area contributed by atoms with E-state index >= 15 is 0 Å². The summed E-state index contributed by atoms with van der Waals surface area (Å²) in [7, 11) is -3.68. The van der Waals surface area contributed by atoms with Crippen molar-refractivity contribution in [3.05, 3.63) is 30.3 Å². The number of hydrogen-bond acceptors (Lipinski definition) is 3. The number of hydrogen-bond donors (Lipinski definition) is 3. The summed E-state index contributed by atoms with van der Waals surface area (Å²) in [5.41, 5.74) is 3.05. The van der Waals surface area contributed by atoms with Crippen molar-refractivity contribution in [1.29, 1.82) is 0 Å². The van der Waals surface area contributed by atoms with Crippen molar-refractivity contribution in [1.82, 2.24) is 4.83 Å². The van der Waals surface area contributed by atoms with Crippen LogP contribution < -0.4 is 15.4 Å². The molecule has 0 aromatic heterocycles. The highest BCUT2D eigenvalue weighted by Gasteiger charge is 1.97. The van der Waals surface area contributed by atoms with Gasteiger partial charge in [-0.05, 0) is 12.1 Å². The maximum Gasteiger partial charge on any atom is 0.291 e. The number of para-hydroxylation sites is 1. The van der Waals surface area contributed by atoms with Crippen LogP contribution in [0.25, 0.3) is 0 Å². The molecule has 0 aliphatic heterocycles. The monoisotopic (exact) mass is 187 g/mol. The number of nitrogens with one attached hydrogen (secondary N) is 2. The molecular formula is C6H9N3O2S. The molecule has 0 aliphatic rings. The summed E-state index contributed by atoms with van der Waals surface area (Å²) in [6.45, 7) is 0. The van der Waals surface area contributed by atoms with Crippen molar-refractivity contribution in [2.24, 2.45) is 5.14 Å². The zero-order chi connectivity index (χ0) is 9.03. The summed E-state index contributed by atoms with van der Waals surface area (Å²) >= 11 is 0. The van der Waals surface area contributed by atoms with E-state index in [0.29, 0.717) is 5.69 Å². The third-order valence-electron chi connectivity index (χ3n) is 1.11. The summed E-state index contributed by atoms with van der Waals surface area (Å²) in [5, 5.41) is 4.68. The van der Waals surface area contributed by atoms with Crippen molar-refractivity contribution in [2.45, 2.75) is 0 Å². The molecule has 1 aromatic rings. The summed E-state index contributed by atoms with van der Waals surface area (Å²) in [5.74, 6) is 0. The van der Waals surface area contributed by atoms with E-state index in [1.54, 1.807) is 24.3 Å². The lowest BCUT2D eigenvalue weighted by molar-refractivity contribution is 0.589. The second-order valence-corrected chi connectivity index (χ2v) is 3.43. The van der Waals surface area contributed by atoms with Crippen LogP contribution in [0.4, 0.5) is 5.69 Å². The van der Waals surface area contributed by atoms with Crippen LogP contribution in [0.3, 0.4) is 0 Å². The van der Waals surface area contributed by atoms with E-state index < -0.39 is 10.2 Å². The molecule has 0 heterocycles. The summed E-state index contributed by atoms with van der Waals surface area (Å²) < 4.78 is 20.8. The first-order valence-corrected chi connectivity index (χ1v) is 4.73. The normalized spacial score (nSPS) is 11.1. The number of rotatable bonds is 3. The average molecular weight is 187 g/mol. The largest absolute Gasteiger partial charge is 0.307 e. The number of hydrazine groups is 1. The van der Waals surface area contributed by atoms with Gasteiger partial charge in [-0.1, -0.05) is 18.2 Å². The lowest BCUT2D eigenvalue weighted by Gasteiger charge is -2.04. The van der Waals surface area contributed by atoms with Crippen LogP contribution in [-0.2, 0) is 10.2 Å². The number of anilines is 1. The molecule has 0 amide bonds. The van der Waals surface area contributed by atoms with Gasteiger partial charge in [-0.2, -0.15) is 8.42 Å². The van der Waals surface area contributed by atoms with Gasteiger partial charge in [-0.25, -0.2) is 5.14 Å². The van der Waals surface area contributed by atoms with Gasteiger partial charge in [-0.15, -0.1) is 4.83 Å². The Morgan fingerprint density at radius 1 is 1.17 bits per heavy atom. The first-order chi connectivity index (χ1) is 5.58. The topological polar surface area (TPSA) is 84.2 Å². The molecule has 6 heteroatoms. The molecule has 0 unspecified atom stereocenters. The van der Waals surface area contributed by atoms with Gasteiger partial charge >= 0.3 is 0 Å². The Balaban J connectivity index is 2.56. The SMILES string of the molecule is NS(=O)(=O)NNc1ccccc1. The molecule has 1 aromatic carbocycles. The number of benzene rings is 1. The van der Waals surface area contributed by atoms with Crippen LogP contribution in [0.15, 0.2) is 30.3 Å². The van der Waals surface area contributed by atoms with Gasteiger partial charge in [0.05, 0.1) is 0 Å². The van der Waals surface area contributed by atoms with Gasteiger partial charge in [0, 0.05) is 5.69 Å². The highest BCUT2D eigenvalue weighted by Crippen LogP contribution is 2.02. The Kier molecular flexibility index (Phi) is 2.64. The van der Waals surface area contributed by atoms with Crippen molar-refractivity contribution < 1.29 is 8.42 Å². The van der Waals surface area contributed by atoms with Gasteiger partial charge in [0.15, 0.2) is 0 Å². The second-order valence-electron chi connectivity index (χ2n) is 2.14. The minimum atomic E-state index is -3.68.